The van der Waals surface area contributed by atoms with Crippen LogP contribution in [-0.2, 0) is 16.1 Å². The lowest BCUT2D eigenvalue weighted by molar-refractivity contribution is -0.126. The van der Waals surface area contributed by atoms with Gasteiger partial charge in [0, 0.05) is 0 Å². The van der Waals surface area contributed by atoms with Gasteiger partial charge in [0.05, 0.1) is 12.6 Å². The third-order valence-electron chi connectivity index (χ3n) is 2.72. The first kappa shape index (κ1) is 14.2. The van der Waals surface area contributed by atoms with Gasteiger partial charge in [0.15, 0.2) is 5.82 Å². The number of amides is 1. The number of aromatic amines is 1. The highest BCUT2D eigenvalue weighted by Crippen LogP contribution is 2.05. The van der Waals surface area contributed by atoms with Crippen LogP contribution in [0.5, 0.6) is 0 Å². The number of carbonyl (C=O) groups is 1. The number of hydrogen-bond donors (Lipinski definition) is 2. The molecule has 0 radical (unpaired) electrons. The Hall–Kier alpha value is -2.21. The summed E-state index contributed by atoms with van der Waals surface area (Å²) in [4.78, 5) is 15.9. The summed E-state index contributed by atoms with van der Waals surface area (Å²) >= 11 is 0. The smallest absolute Gasteiger partial charge is 0.246 e. The molecule has 0 saturated heterocycles. The highest BCUT2D eigenvalue weighted by Gasteiger charge is 2.13. The topological polar surface area (TPSA) is 79.9 Å². The maximum absolute atomic E-state index is 11.7. The standard InChI is InChI=1S/C14H18N4O2/c1-10(14-16-11(2)17-18-14)15-13(19)9-20-8-12-6-4-3-5-7-12/h3-7,10H,8-9H2,1-2H3,(H,15,19)(H,16,17,18)/t10-/m0/s1. The molecule has 1 heterocycles. The largest absolute Gasteiger partial charge is 0.367 e. The summed E-state index contributed by atoms with van der Waals surface area (Å²) < 4.78 is 5.36. The number of carbonyl (C=O) groups excluding carboxylic acids is 1. The highest BCUT2D eigenvalue weighted by atomic mass is 16.5. The number of rotatable bonds is 6. The molecular weight excluding hydrogens is 256 g/mol. The van der Waals surface area contributed by atoms with Crippen LogP contribution in [0, 0.1) is 6.92 Å². The molecule has 1 aromatic heterocycles. The molecule has 6 nitrogen and oxygen atoms in total. The zero-order valence-corrected chi connectivity index (χ0v) is 11.6. The number of hydrogen-bond acceptors (Lipinski definition) is 4. The molecular formula is C14H18N4O2. The first-order valence-electron chi connectivity index (χ1n) is 6.45. The molecule has 0 fully saturated rings. The fraction of sp³-hybridized carbons (Fsp3) is 0.357. The van der Waals surface area contributed by atoms with Gasteiger partial charge < -0.3 is 10.1 Å². The van der Waals surface area contributed by atoms with E-state index in [4.69, 9.17) is 4.74 Å². The number of benzene rings is 1. The Morgan fingerprint density at radius 3 is 2.80 bits per heavy atom. The van der Waals surface area contributed by atoms with Crippen molar-refractivity contribution in [2.45, 2.75) is 26.5 Å². The average Bonchev–Trinajstić information content (AvgIpc) is 2.87. The van der Waals surface area contributed by atoms with Gasteiger partial charge in [-0.15, -0.1) is 0 Å². The third-order valence-corrected chi connectivity index (χ3v) is 2.72. The van der Waals surface area contributed by atoms with Crippen LogP contribution in [0.1, 0.15) is 30.2 Å². The first-order chi connectivity index (χ1) is 9.65. The van der Waals surface area contributed by atoms with E-state index < -0.39 is 0 Å². The minimum atomic E-state index is -0.243. The maximum atomic E-state index is 11.7. The summed E-state index contributed by atoms with van der Waals surface area (Å²) in [6.45, 7) is 4.08. The molecule has 2 rings (SSSR count). The van der Waals surface area contributed by atoms with Crippen molar-refractivity contribution < 1.29 is 9.53 Å². The number of nitrogens with one attached hydrogen (secondary N) is 2. The minimum absolute atomic E-state index is 0.0165. The third kappa shape index (κ3) is 4.17. The molecule has 20 heavy (non-hydrogen) atoms. The Morgan fingerprint density at radius 2 is 2.15 bits per heavy atom. The maximum Gasteiger partial charge on any atom is 0.246 e. The summed E-state index contributed by atoms with van der Waals surface area (Å²) in [6.07, 6.45) is 0. The van der Waals surface area contributed by atoms with Crippen molar-refractivity contribution in [2.24, 2.45) is 0 Å². The number of aromatic nitrogens is 3. The van der Waals surface area contributed by atoms with Gasteiger partial charge in [-0.2, -0.15) is 5.10 Å². The molecule has 0 saturated carbocycles. The van der Waals surface area contributed by atoms with Gasteiger partial charge in [-0.25, -0.2) is 4.98 Å². The van der Waals surface area contributed by atoms with Crippen molar-refractivity contribution in [3.63, 3.8) is 0 Å². The Morgan fingerprint density at radius 1 is 1.40 bits per heavy atom. The lowest BCUT2D eigenvalue weighted by Crippen LogP contribution is -2.30. The molecule has 0 spiro atoms. The zero-order chi connectivity index (χ0) is 14.4. The van der Waals surface area contributed by atoms with Crippen LogP contribution in [0.3, 0.4) is 0 Å². The Labute approximate surface area is 117 Å². The van der Waals surface area contributed by atoms with E-state index in [9.17, 15) is 4.79 Å². The molecule has 6 heteroatoms. The van der Waals surface area contributed by atoms with Crippen LogP contribution in [0.4, 0.5) is 0 Å². The van der Waals surface area contributed by atoms with Crippen molar-refractivity contribution in [3.05, 3.63) is 47.5 Å². The first-order valence-corrected chi connectivity index (χ1v) is 6.45. The van der Waals surface area contributed by atoms with Gasteiger partial charge in [0.1, 0.15) is 12.4 Å². The van der Waals surface area contributed by atoms with Gasteiger partial charge in [-0.3, -0.25) is 9.89 Å². The van der Waals surface area contributed by atoms with Crippen LogP contribution >= 0.6 is 0 Å². The molecule has 1 aromatic carbocycles. The van der Waals surface area contributed by atoms with E-state index in [1.807, 2.05) is 44.2 Å². The normalized spacial score (nSPS) is 12.1. The molecule has 2 aromatic rings. The molecule has 106 valence electrons. The van der Waals surface area contributed by atoms with Crippen LogP contribution in [-0.4, -0.2) is 27.7 Å². The average molecular weight is 274 g/mol. The summed E-state index contributed by atoms with van der Waals surface area (Å²) in [5.74, 6) is 1.11. The number of aryl methyl sites for hydroxylation is 1. The van der Waals surface area contributed by atoms with E-state index in [0.717, 1.165) is 11.4 Å². The molecule has 2 N–H and O–H groups in total. The lowest BCUT2D eigenvalue weighted by Gasteiger charge is -2.10. The Kier molecular flexibility index (Phi) is 4.84. The van der Waals surface area contributed by atoms with E-state index in [0.29, 0.717) is 12.4 Å². The number of nitrogens with zero attached hydrogens (tertiary/aromatic N) is 2. The van der Waals surface area contributed by atoms with E-state index in [1.165, 1.54) is 0 Å². The Balaban J connectivity index is 1.73. The molecule has 1 amide bonds. The van der Waals surface area contributed by atoms with Crippen molar-refractivity contribution in [1.29, 1.82) is 0 Å². The van der Waals surface area contributed by atoms with Crippen molar-refractivity contribution in [3.8, 4) is 0 Å². The second kappa shape index (κ2) is 6.81. The Bertz CT molecular complexity index is 553. The molecule has 0 unspecified atom stereocenters. The quantitative estimate of drug-likeness (QED) is 0.836. The SMILES string of the molecule is Cc1nc([C@H](C)NC(=O)COCc2ccccc2)n[nH]1. The molecule has 0 aliphatic carbocycles. The van der Waals surface area contributed by atoms with Crippen LogP contribution in [0.15, 0.2) is 30.3 Å². The van der Waals surface area contributed by atoms with Crippen LogP contribution < -0.4 is 5.32 Å². The fourth-order valence-electron chi connectivity index (χ4n) is 1.74. The van der Waals surface area contributed by atoms with E-state index >= 15 is 0 Å². The monoisotopic (exact) mass is 274 g/mol. The van der Waals surface area contributed by atoms with Gasteiger partial charge in [-0.05, 0) is 19.4 Å². The highest BCUT2D eigenvalue weighted by molar-refractivity contribution is 5.77. The predicted molar refractivity (Wildman–Crippen MR) is 73.8 cm³/mol. The second-order valence-corrected chi connectivity index (χ2v) is 4.55. The summed E-state index contributed by atoms with van der Waals surface area (Å²) in [5, 5.41) is 9.54. The molecule has 0 bridgehead atoms. The number of H-pyrrole nitrogens is 1. The molecule has 0 aliphatic rings. The van der Waals surface area contributed by atoms with Crippen molar-refractivity contribution in [2.75, 3.05) is 6.61 Å². The predicted octanol–water partition coefficient (Wildman–Crippen LogP) is 1.51. The lowest BCUT2D eigenvalue weighted by atomic mass is 10.2. The minimum Gasteiger partial charge on any atom is -0.367 e. The summed E-state index contributed by atoms with van der Waals surface area (Å²) in [5.41, 5.74) is 1.04. The fourth-order valence-corrected chi connectivity index (χ4v) is 1.74. The van der Waals surface area contributed by atoms with E-state index in [2.05, 4.69) is 20.5 Å². The summed E-state index contributed by atoms with van der Waals surface area (Å²) in [6, 6.07) is 9.48. The van der Waals surface area contributed by atoms with Crippen LogP contribution in [0.2, 0.25) is 0 Å². The van der Waals surface area contributed by atoms with Crippen molar-refractivity contribution >= 4 is 5.91 Å². The van der Waals surface area contributed by atoms with Gasteiger partial charge in [0.25, 0.3) is 0 Å². The molecule has 0 aliphatic heterocycles. The van der Waals surface area contributed by atoms with E-state index in [-0.39, 0.29) is 18.6 Å². The van der Waals surface area contributed by atoms with Crippen molar-refractivity contribution in [1.82, 2.24) is 20.5 Å². The molecule has 1 atom stereocenters. The number of ether oxygens (including phenoxy) is 1. The zero-order valence-electron chi connectivity index (χ0n) is 11.6. The van der Waals surface area contributed by atoms with Crippen LogP contribution in [0.25, 0.3) is 0 Å². The van der Waals surface area contributed by atoms with Gasteiger partial charge in [-0.1, -0.05) is 30.3 Å². The van der Waals surface area contributed by atoms with Gasteiger partial charge in [0.2, 0.25) is 5.91 Å². The summed E-state index contributed by atoms with van der Waals surface area (Å²) in [7, 11) is 0. The van der Waals surface area contributed by atoms with E-state index in [1.54, 1.807) is 0 Å². The second-order valence-electron chi connectivity index (χ2n) is 4.55. The van der Waals surface area contributed by atoms with Gasteiger partial charge >= 0.3 is 0 Å².